The van der Waals surface area contributed by atoms with Crippen molar-refractivity contribution in [1.29, 1.82) is 0 Å². The largest absolute Gasteiger partial charge is 0.496 e. The van der Waals surface area contributed by atoms with E-state index in [1.807, 2.05) is 36.4 Å². The molecule has 0 bridgehead atoms. The van der Waals surface area contributed by atoms with Crippen LogP contribution in [0.3, 0.4) is 0 Å². The Labute approximate surface area is 125 Å². The second kappa shape index (κ2) is 7.32. The Balaban J connectivity index is 1.92. The van der Waals surface area contributed by atoms with Gasteiger partial charge in [-0.25, -0.2) is 0 Å². The van der Waals surface area contributed by atoms with Crippen LogP contribution in [0.5, 0.6) is 5.75 Å². The van der Waals surface area contributed by atoms with E-state index in [4.69, 9.17) is 16.3 Å². The maximum Gasteiger partial charge on any atom is 0.123 e. The molecule has 1 N–H and O–H groups in total. The minimum atomic E-state index is 0.347. The predicted molar refractivity (Wildman–Crippen MR) is 84.5 cm³/mol. The standard InChI is InChI=1S/C17H20ClNO/c1-13(11-14-7-3-5-9-16(14)18)19-12-15-8-4-6-10-17(15)20-2/h3-10,13,19H,11-12H2,1-2H3. The van der Waals surface area contributed by atoms with Gasteiger partial charge in [0, 0.05) is 23.2 Å². The molecule has 1 unspecified atom stereocenters. The monoisotopic (exact) mass is 289 g/mol. The third-order valence-corrected chi connectivity index (χ3v) is 3.69. The molecule has 0 saturated carbocycles. The molecule has 106 valence electrons. The third kappa shape index (κ3) is 3.99. The molecule has 0 aromatic heterocycles. The zero-order chi connectivity index (χ0) is 14.4. The van der Waals surface area contributed by atoms with Gasteiger partial charge in [-0.3, -0.25) is 0 Å². The summed E-state index contributed by atoms with van der Waals surface area (Å²) in [5.74, 6) is 0.921. The molecule has 0 aliphatic heterocycles. The second-order valence-corrected chi connectivity index (χ2v) is 5.30. The fourth-order valence-corrected chi connectivity index (χ4v) is 2.41. The number of hydrogen-bond donors (Lipinski definition) is 1. The van der Waals surface area contributed by atoms with E-state index in [2.05, 4.69) is 24.4 Å². The number of nitrogens with one attached hydrogen (secondary N) is 1. The van der Waals surface area contributed by atoms with Crippen molar-refractivity contribution in [3.05, 3.63) is 64.7 Å². The summed E-state index contributed by atoms with van der Waals surface area (Å²) in [4.78, 5) is 0. The summed E-state index contributed by atoms with van der Waals surface area (Å²) in [5, 5.41) is 4.34. The second-order valence-electron chi connectivity index (χ2n) is 4.89. The van der Waals surface area contributed by atoms with Gasteiger partial charge in [-0.2, -0.15) is 0 Å². The molecule has 0 saturated heterocycles. The Morgan fingerprint density at radius 3 is 2.40 bits per heavy atom. The Kier molecular flexibility index (Phi) is 5.45. The lowest BCUT2D eigenvalue weighted by atomic mass is 10.1. The minimum Gasteiger partial charge on any atom is -0.496 e. The van der Waals surface area contributed by atoms with Gasteiger partial charge in [0.2, 0.25) is 0 Å². The van der Waals surface area contributed by atoms with E-state index in [1.54, 1.807) is 7.11 Å². The Bertz CT molecular complexity index is 556. The first-order chi connectivity index (χ1) is 9.70. The van der Waals surface area contributed by atoms with Crippen molar-refractivity contribution in [2.45, 2.75) is 25.9 Å². The molecule has 20 heavy (non-hydrogen) atoms. The van der Waals surface area contributed by atoms with Crippen molar-refractivity contribution < 1.29 is 4.74 Å². The Hall–Kier alpha value is -1.51. The highest BCUT2D eigenvalue weighted by molar-refractivity contribution is 6.31. The van der Waals surface area contributed by atoms with E-state index in [1.165, 1.54) is 11.1 Å². The fraction of sp³-hybridized carbons (Fsp3) is 0.294. The summed E-state index contributed by atoms with van der Waals surface area (Å²) in [6, 6.07) is 16.4. The molecule has 2 aromatic carbocycles. The zero-order valence-electron chi connectivity index (χ0n) is 11.9. The van der Waals surface area contributed by atoms with Crippen molar-refractivity contribution in [1.82, 2.24) is 5.32 Å². The quantitative estimate of drug-likeness (QED) is 0.865. The third-order valence-electron chi connectivity index (χ3n) is 3.32. The molecule has 2 rings (SSSR count). The molecule has 0 aliphatic rings. The van der Waals surface area contributed by atoms with E-state index < -0.39 is 0 Å². The summed E-state index contributed by atoms with van der Waals surface area (Å²) in [5.41, 5.74) is 2.34. The smallest absolute Gasteiger partial charge is 0.123 e. The van der Waals surface area contributed by atoms with Gasteiger partial charge in [-0.15, -0.1) is 0 Å². The van der Waals surface area contributed by atoms with Gasteiger partial charge in [-0.1, -0.05) is 48.0 Å². The molecule has 2 nitrogen and oxygen atoms in total. The van der Waals surface area contributed by atoms with Gasteiger partial charge >= 0.3 is 0 Å². The van der Waals surface area contributed by atoms with E-state index in [9.17, 15) is 0 Å². The molecular formula is C17H20ClNO. The van der Waals surface area contributed by atoms with Crippen molar-refractivity contribution >= 4 is 11.6 Å². The SMILES string of the molecule is COc1ccccc1CNC(C)Cc1ccccc1Cl. The number of ether oxygens (including phenoxy) is 1. The van der Waals surface area contributed by atoms with Crippen molar-refractivity contribution in [2.24, 2.45) is 0 Å². The molecule has 0 aliphatic carbocycles. The Morgan fingerprint density at radius 2 is 1.70 bits per heavy atom. The highest BCUT2D eigenvalue weighted by Crippen LogP contribution is 2.19. The highest BCUT2D eigenvalue weighted by Gasteiger charge is 2.07. The first kappa shape index (κ1) is 14.9. The van der Waals surface area contributed by atoms with Crippen LogP contribution in [-0.4, -0.2) is 13.2 Å². The van der Waals surface area contributed by atoms with E-state index in [0.717, 1.165) is 23.7 Å². The predicted octanol–water partition coefficient (Wildman–Crippen LogP) is 4.07. The van der Waals surface area contributed by atoms with Gasteiger partial charge in [0.05, 0.1) is 7.11 Å². The highest BCUT2D eigenvalue weighted by atomic mass is 35.5. The first-order valence-corrected chi connectivity index (χ1v) is 7.17. The number of benzene rings is 2. The van der Waals surface area contributed by atoms with E-state index >= 15 is 0 Å². The summed E-state index contributed by atoms with van der Waals surface area (Å²) < 4.78 is 5.35. The van der Waals surface area contributed by atoms with E-state index in [-0.39, 0.29) is 0 Å². The van der Waals surface area contributed by atoms with Crippen LogP contribution in [0.1, 0.15) is 18.1 Å². The van der Waals surface area contributed by atoms with Gasteiger partial charge in [0.25, 0.3) is 0 Å². The van der Waals surface area contributed by atoms with Crippen LogP contribution >= 0.6 is 11.6 Å². The molecule has 1 atom stereocenters. The van der Waals surface area contributed by atoms with Crippen LogP contribution in [0.25, 0.3) is 0 Å². The lowest BCUT2D eigenvalue weighted by molar-refractivity contribution is 0.405. The van der Waals surface area contributed by atoms with Crippen molar-refractivity contribution in [3.63, 3.8) is 0 Å². The topological polar surface area (TPSA) is 21.3 Å². The number of para-hydroxylation sites is 1. The first-order valence-electron chi connectivity index (χ1n) is 6.79. The van der Waals surface area contributed by atoms with Crippen LogP contribution in [0, 0.1) is 0 Å². The number of halogens is 1. The van der Waals surface area contributed by atoms with Crippen LogP contribution in [0.15, 0.2) is 48.5 Å². The number of hydrogen-bond acceptors (Lipinski definition) is 2. The van der Waals surface area contributed by atoms with Gasteiger partial charge in [0.15, 0.2) is 0 Å². The van der Waals surface area contributed by atoms with Crippen LogP contribution in [0.2, 0.25) is 5.02 Å². The summed E-state index contributed by atoms with van der Waals surface area (Å²) in [7, 11) is 1.70. The summed E-state index contributed by atoms with van der Waals surface area (Å²) >= 11 is 6.19. The normalized spacial score (nSPS) is 12.2. The molecule has 0 spiro atoms. The molecule has 0 radical (unpaired) electrons. The average Bonchev–Trinajstić information content (AvgIpc) is 2.48. The molecule has 0 amide bonds. The summed E-state index contributed by atoms with van der Waals surface area (Å²) in [6.45, 7) is 2.95. The lowest BCUT2D eigenvalue weighted by Gasteiger charge is -2.16. The fourth-order valence-electron chi connectivity index (χ4n) is 2.20. The molecule has 3 heteroatoms. The lowest BCUT2D eigenvalue weighted by Crippen LogP contribution is -2.27. The van der Waals surface area contributed by atoms with Crippen LogP contribution in [-0.2, 0) is 13.0 Å². The maximum absolute atomic E-state index is 6.19. The minimum absolute atomic E-state index is 0.347. The number of methoxy groups -OCH3 is 1. The van der Waals surface area contributed by atoms with Crippen LogP contribution < -0.4 is 10.1 Å². The van der Waals surface area contributed by atoms with E-state index in [0.29, 0.717) is 6.04 Å². The van der Waals surface area contributed by atoms with Gasteiger partial charge in [0.1, 0.15) is 5.75 Å². The van der Waals surface area contributed by atoms with Crippen molar-refractivity contribution in [3.8, 4) is 5.75 Å². The maximum atomic E-state index is 6.19. The van der Waals surface area contributed by atoms with Crippen LogP contribution in [0.4, 0.5) is 0 Å². The summed E-state index contributed by atoms with van der Waals surface area (Å²) in [6.07, 6.45) is 0.912. The molecule has 0 fully saturated rings. The van der Waals surface area contributed by atoms with Gasteiger partial charge < -0.3 is 10.1 Å². The Morgan fingerprint density at radius 1 is 1.05 bits per heavy atom. The molecular weight excluding hydrogens is 270 g/mol. The average molecular weight is 290 g/mol. The molecule has 0 heterocycles. The number of rotatable bonds is 6. The van der Waals surface area contributed by atoms with Gasteiger partial charge in [-0.05, 0) is 31.0 Å². The molecule has 2 aromatic rings. The zero-order valence-corrected chi connectivity index (χ0v) is 12.7. The van der Waals surface area contributed by atoms with Crippen molar-refractivity contribution in [2.75, 3.05) is 7.11 Å².